The number of carbonyl (C=O) groups excluding carboxylic acids is 1. The molecule has 0 amide bonds. The molecule has 76 valence electrons. The second-order valence-electron chi connectivity index (χ2n) is 3.22. The Labute approximate surface area is 81.0 Å². The first-order chi connectivity index (χ1) is 6.26. The van der Waals surface area contributed by atoms with Crippen LogP contribution in [0, 0.1) is 0 Å². The number of unbranched alkanes of at least 4 members (excludes halogenated alkanes) is 1. The van der Waals surface area contributed by atoms with Gasteiger partial charge in [-0.1, -0.05) is 25.8 Å². The summed E-state index contributed by atoms with van der Waals surface area (Å²) in [6.07, 6.45) is 6.95. The van der Waals surface area contributed by atoms with Gasteiger partial charge in [-0.15, -0.1) is 0 Å². The molecule has 2 nitrogen and oxygen atoms in total. The minimum Gasteiger partial charge on any atom is -0.377 e. The van der Waals surface area contributed by atoms with Gasteiger partial charge < -0.3 is 9.53 Å². The minimum absolute atomic E-state index is 0.194. The maximum atomic E-state index is 10.1. The molecule has 0 fully saturated rings. The first kappa shape index (κ1) is 12.4. The molecule has 0 aliphatic heterocycles. The molecule has 0 aliphatic rings. The van der Waals surface area contributed by atoms with E-state index in [2.05, 4.69) is 6.92 Å². The van der Waals surface area contributed by atoms with Crippen LogP contribution in [0.3, 0.4) is 0 Å². The zero-order valence-corrected chi connectivity index (χ0v) is 8.88. The molecule has 0 rings (SSSR count). The third kappa shape index (κ3) is 5.58. The predicted molar refractivity (Wildman–Crippen MR) is 54.8 cm³/mol. The quantitative estimate of drug-likeness (QED) is 0.449. The van der Waals surface area contributed by atoms with Crippen LogP contribution in [0.1, 0.15) is 39.5 Å². The molecule has 1 atom stereocenters. The summed E-state index contributed by atoms with van der Waals surface area (Å²) in [5, 5.41) is 0. The Morgan fingerprint density at radius 1 is 1.54 bits per heavy atom. The number of hydrogen-bond acceptors (Lipinski definition) is 2. The number of allylic oxidation sites excluding steroid dienone is 1. The molecule has 0 aliphatic carbocycles. The summed E-state index contributed by atoms with van der Waals surface area (Å²) in [5.41, 5.74) is 1.17. The Morgan fingerprint density at radius 2 is 2.23 bits per heavy atom. The Bertz CT molecular complexity index is 161. The molecule has 0 N–H and O–H groups in total. The largest absolute Gasteiger partial charge is 0.377 e. The molecule has 0 saturated carbocycles. The van der Waals surface area contributed by atoms with Gasteiger partial charge in [0.25, 0.3) is 0 Å². The van der Waals surface area contributed by atoms with Crippen molar-refractivity contribution >= 4 is 6.29 Å². The van der Waals surface area contributed by atoms with E-state index in [1.54, 1.807) is 7.11 Å². The highest BCUT2D eigenvalue weighted by molar-refractivity contribution is 5.52. The lowest BCUT2D eigenvalue weighted by Gasteiger charge is -2.15. The van der Waals surface area contributed by atoms with Crippen LogP contribution < -0.4 is 0 Å². The molecule has 0 aromatic heterocycles. The topological polar surface area (TPSA) is 26.3 Å². The van der Waals surface area contributed by atoms with Crippen LogP contribution in [0.15, 0.2) is 11.6 Å². The van der Waals surface area contributed by atoms with E-state index in [1.807, 2.05) is 13.0 Å². The molecule has 0 bridgehead atoms. The Balaban J connectivity index is 3.97. The van der Waals surface area contributed by atoms with Crippen molar-refractivity contribution < 1.29 is 9.53 Å². The minimum atomic E-state index is 0.194. The van der Waals surface area contributed by atoms with Crippen LogP contribution >= 0.6 is 0 Å². The highest BCUT2D eigenvalue weighted by atomic mass is 16.5. The van der Waals surface area contributed by atoms with Gasteiger partial charge in [0.2, 0.25) is 0 Å². The van der Waals surface area contributed by atoms with E-state index in [0.717, 1.165) is 12.7 Å². The maximum absolute atomic E-state index is 10.1. The summed E-state index contributed by atoms with van der Waals surface area (Å²) in [6.45, 7) is 4.19. The molecule has 0 heterocycles. The second kappa shape index (κ2) is 7.99. The Kier molecular flexibility index (Phi) is 7.60. The first-order valence-corrected chi connectivity index (χ1v) is 4.89. The van der Waals surface area contributed by atoms with Crippen molar-refractivity contribution in [3.8, 4) is 0 Å². The maximum Gasteiger partial charge on any atom is 0.123 e. The van der Waals surface area contributed by atoms with Gasteiger partial charge >= 0.3 is 0 Å². The molecular formula is C11H20O2. The lowest BCUT2D eigenvalue weighted by Crippen LogP contribution is -2.11. The third-order valence-corrected chi connectivity index (χ3v) is 2.15. The fourth-order valence-electron chi connectivity index (χ4n) is 1.29. The standard InChI is InChI=1S/C11H20O2/c1-4-5-8-11(13-3)10(2)7-6-9-12/h7,9,11H,4-6,8H2,1-3H3/b10-7+. The van der Waals surface area contributed by atoms with E-state index >= 15 is 0 Å². The number of rotatable bonds is 7. The van der Waals surface area contributed by atoms with Gasteiger partial charge in [-0.05, 0) is 18.9 Å². The van der Waals surface area contributed by atoms with E-state index in [1.165, 1.54) is 18.4 Å². The van der Waals surface area contributed by atoms with E-state index < -0.39 is 0 Å². The third-order valence-electron chi connectivity index (χ3n) is 2.15. The number of ether oxygens (including phenoxy) is 1. The predicted octanol–water partition coefficient (Wildman–Crippen LogP) is 2.73. The van der Waals surface area contributed by atoms with Crippen molar-refractivity contribution in [1.82, 2.24) is 0 Å². The zero-order valence-electron chi connectivity index (χ0n) is 8.88. The average molecular weight is 184 g/mol. The fraction of sp³-hybridized carbons (Fsp3) is 0.727. The molecule has 0 spiro atoms. The second-order valence-corrected chi connectivity index (χ2v) is 3.22. The summed E-state index contributed by atoms with van der Waals surface area (Å²) in [4.78, 5) is 10.1. The SMILES string of the molecule is CCCCC(OC)/C(C)=C/CC=O. The van der Waals surface area contributed by atoms with Gasteiger partial charge in [-0.25, -0.2) is 0 Å². The van der Waals surface area contributed by atoms with Gasteiger partial charge in [0.05, 0.1) is 6.10 Å². The van der Waals surface area contributed by atoms with Crippen molar-refractivity contribution in [2.75, 3.05) is 7.11 Å². The molecule has 0 aromatic rings. The molecule has 13 heavy (non-hydrogen) atoms. The van der Waals surface area contributed by atoms with Crippen molar-refractivity contribution in [2.45, 2.75) is 45.6 Å². The van der Waals surface area contributed by atoms with E-state index in [9.17, 15) is 4.79 Å². The summed E-state index contributed by atoms with van der Waals surface area (Å²) in [5.74, 6) is 0. The van der Waals surface area contributed by atoms with E-state index in [4.69, 9.17) is 4.74 Å². The van der Waals surface area contributed by atoms with Crippen molar-refractivity contribution in [3.63, 3.8) is 0 Å². The van der Waals surface area contributed by atoms with Gasteiger partial charge in [0, 0.05) is 13.5 Å². The highest BCUT2D eigenvalue weighted by Crippen LogP contribution is 2.13. The summed E-state index contributed by atoms with van der Waals surface area (Å²) < 4.78 is 5.33. The zero-order chi connectivity index (χ0) is 10.1. The molecule has 0 saturated heterocycles. The van der Waals surface area contributed by atoms with Gasteiger partial charge in [0.1, 0.15) is 6.29 Å². The van der Waals surface area contributed by atoms with E-state index in [0.29, 0.717) is 6.42 Å². The fourth-order valence-corrected chi connectivity index (χ4v) is 1.29. The smallest absolute Gasteiger partial charge is 0.123 e. The molecule has 0 radical (unpaired) electrons. The van der Waals surface area contributed by atoms with Gasteiger partial charge in [-0.3, -0.25) is 0 Å². The van der Waals surface area contributed by atoms with Crippen LogP contribution in [-0.2, 0) is 9.53 Å². The van der Waals surface area contributed by atoms with Crippen LogP contribution in [0.2, 0.25) is 0 Å². The van der Waals surface area contributed by atoms with Crippen molar-refractivity contribution in [1.29, 1.82) is 0 Å². The summed E-state index contributed by atoms with van der Waals surface area (Å²) >= 11 is 0. The normalized spacial score (nSPS) is 14.2. The molecular weight excluding hydrogens is 164 g/mol. The Hall–Kier alpha value is -0.630. The summed E-state index contributed by atoms with van der Waals surface area (Å²) in [6, 6.07) is 0. The number of hydrogen-bond donors (Lipinski definition) is 0. The first-order valence-electron chi connectivity index (χ1n) is 4.89. The number of aldehydes is 1. The van der Waals surface area contributed by atoms with Crippen LogP contribution in [-0.4, -0.2) is 19.5 Å². The highest BCUT2D eigenvalue weighted by Gasteiger charge is 2.07. The number of carbonyl (C=O) groups is 1. The average Bonchev–Trinajstić information content (AvgIpc) is 2.16. The van der Waals surface area contributed by atoms with Crippen LogP contribution in [0.5, 0.6) is 0 Å². The van der Waals surface area contributed by atoms with Gasteiger partial charge in [0.15, 0.2) is 0 Å². The summed E-state index contributed by atoms with van der Waals surface area (Å²) in [7, 11) is 1.72. The van der Waals surface area contributed by atoms with Crippen molar-refractivity contribution in [2.24, 2.45) is 0 Å². The van der Waals surface area contributed by atoms with E-state index in [-0.39, 0.29) is 6.10 Å². The molecule has 0 aromatic carbocycles. The molecule has 2 heteroatoms. The van der Waals surface area contributed by atoms with Crippen LogP contribution in [0.4, 0.5) is 0 Å². The Morgan fingerprint density at radius 3 is 2.69 bits per heavy atom. The van der Waals surface area contributed by atoms with Gasteiger partial charge in [-0.2, -0.15) is 0 Å². The van der Waals surface area contributed by atoms with Crippen molar-refractivity contribution in [3.05, 3.63) is 11.6 Å². The lowest BCUT2D eigenvalue weighted by molar-refractivity contribution is -0.107. The number of methoxy groups -OCH3 is 1. The van der Waals surface area contributed by atoms with Crippen LogP contribution in [0.25, 0.3) is 0 Å². The monoisotopic (exact) mass is 184 g/mol. The lowest BCUT2D eigenvalue weighted by atomic mass is 10.0. The molecule has 1 unspecified atom stereocenters.